The first-order valence-corrected chi connectivity index (χ1v) is 26.4. The summed E-state index contributed by atoms with van der Waals surface area (Å²) < 4.78 is 0. The molecule has 0 aromatic heterocycles. The van der Waals surface area contributed by atoms with Gasteiger partial charge in [-0.25, -0.2) is 0 Å². The number of hydrogen-bond donors (Lipinski definition) is 6. The predicted molar refractivity (Wildman–Crippen MR) is 264 cm³/mol. The van der Waals surface area contributed by atoms with Crippen molar-refractivity contribution in [3.05, 3.63) is 24.3 Å². The fourth-order valence-corrected chi connectivity index (χ4v) is 9.01. The molecule has 0 spiro atoms. The molecule has 0 radical (unpaired) electrons. The van der Waals surface area contributed by atoms with Gasteiger partial charge in [0, 0.05) is 52.4 Å². The van der Waals surface area contributed by atoms with Crippen LogP contribution in [0.1, 0.15) is 206 Å². The third kappa shape index (κ3) is 37.7. The Kier molecular flexibility index (Phi) is 42.6. The lowest BCUT2D eigenvalue weighted by molar-refractivity contribution is 0.0487. The van der Waals surface area contributed by atoms with E-state index in [4.69, 9.17) is 11.5 Å². The van der Waals surface area contributed by atoms with Gasteiger partial charge in [0.15, 0.2) is 0 Å². The van der Waals surface area contributed by atoms with Gasteiger partial charge in [0.05, 0.1) is 12.2 Å². The first-order valence-electron chi connectivity index (χ1n) is 26.4. The van der Waals surface area contributed by atoms with Gasteiger partial charge in [-0.3, -0.25) is 9.80 Å². The van der Waals surface area contributed by atoms with Gasteiger partial charge in [0.1, 0.15) is 0 Å². The largest absolute Gasteiger partial charge is 0.390 e. The van der Waals surface area contributed by atoms with Gasteiger partial charge < -0.3 is 32.3 Å². The molecule has 1 saturated heterocycles. The van der Waals surface area contributed by atoms with E-state index in [1.807, 2.05) is 0 Å². The smallest absolute Gasteiger partial charge is 0.0791 e. The van der Waals surface area contributed by atoms with Crippen LogP contribution in [0.4, 0.5) is 0 Å². The Balaban J connectivity index is 2.11. The summed E-state index contributed by atoms with van der Waals surface area (Å²) in [5.41, 5.74) is 11.7. The summed E-state index contributed by atoms with van der Waals surface area (Å²) in [6.45, 7) is 14.6. The Morgan fingerprint density at radius 1 is 0.433 bits per heavy atom. The predicted octanol–water partition coefficient (Wildman–Crippen LogP) is 10.5. The van der Waals surface area contributed by atoms with E-state index in [0.29, 0.717) is 13.1 Å². The molecular weight excluding hydrogens is 741 g/mol. The molecular formula is C52H106N6O2. The van der Waals surface area contributed by atoms with Gasteiger partial charge in [-0.15, -0.1) is 0 Å². The third-order valence-corrected chi connectivity index (χ3v) is 13.0. The number of β-amino-alcohol motifs (C(OH)–C–C–N with tert-alkyl or cyclic N) is 2. The molecule has 1 rings (SSSR count). The number of nitrogens with zero attached hydrogens (tertiary/aromatic N) is 2. The van der Waals surface area contributed by atoms with E-state index in [-0.39, 0.29) is 12.2 Å². The molecule has 1 fully saturated rings. The Morgan fingerprint density at radius 2 is 0.750 bits per heavy atom. The van der Waals surface area contributed by atoms with Crippen molar-refractivity contribution in [3.8, 4) is 0 Å². The van der Waals surface area contributed by atoms with Crippen LogP contribution in [0.15, 0.2) is 24.3 Å². The molecule has 0 saturated carbocycles. The van der Waals surface area contributed by atoms with E-state index >= 15 is 0 Å². The maximum Gasteiger partial charge on any atom is 0.0791 e. The van der Waals surface area contributed by atoms with E-state index in [1.54, 1.807) is 0 Å². The fourth-order valence-electron chi connectivity index (χ4n) is 9.01. The zero-order valence-electron chi connectivity index (χ0n) is 40.3. The first-order chi connectivity index (χ1) is 29.5. The second-order valence-corrected chi connectivity index (χ2v) is 18.8. The number of rotatable bonds is 46. The molecule has 1 aliphatic heterocycles. The molecule has 8 nitrogen and oxygen atoms in total. The summed E-state index contributed by atoms with van der Waals surface area (Å²) in [7, 11) is 0. The lowest BCUT2D eigenvalue weighted by Gasteiger charge is -2.36. The van der Waals surface area contributed by atoms with Crippen LogP contribution in [0.25, 0.3) is 0 Å². The van der Waals surface area contributed by atoms with Crippen molar-refractivity contribution < 1.29 is 10.2 Å². The van der Waals surface area contributed by atoms with Gasteiger partial charge in [-0.1, -0.05) is 141 Å². The highest BCUT2D eigenvalue weighted by Gasteiger charge is 2.21. The molecule has 8 heteroatoms. The average Bonchev–Trinajstić information content (AvgIpc) is 3.25. The van der Waals surface area contributed by atoms with E-state index in [9.17, 15) is 10.2 Å². The summed E-state index contributed by atoms with van der Waals surface area (Å²) >= 11 is 0. The van der Waals surface area contributed by atoms with Crippen molar-refractivity contribution in [1.29, 1.82) is 0 Å². The highest BCUT2D eigenvalue weighted by Crippen LogP contribution is 2.21. The van der Waals surface area contributed by atoms with Crippen molar-refractivity contribution in [2.45, 2.75) is 219 Å². The molecule has 1 heterocycles. The van der Waals surface area contributed by atoms with Crippen molar-refractivity contribution in [2.24, 2.45) is 23.3 Å². The molecule has 4 atom stereocenters. The van der Waals surface area contributed by atoms with Crippen molar-refractivity contribution in [2.75, 3.05) is 78.5 Å². The average molecular weight is 847 g/mol. The van der Waals surface area contributed by atoms with Crippen molar-refractivity contribution in [1.82, 2.24) is 20.4 Å². The van der Waals surface area contributed by atoms with E-state index in [2.05, 4.69) is 58.6 Å². The number of allylic oxidation sites excluding steroid dienone is 4. The molecule has 60 heavy (non-hydrogen) atoms. The second kappa shape index (κ2) is 44.8. The van der Waals surface area contributed by atoms with Crippen LogP contribution in [0, 0.1) is 11.8 Å². The Hall–Kier alpha value is -0.840. The summed E-state index contributed by atoms with van der Waals surface area (Å²) in [6.07, 6.45) is 48.0. The zero-order valence-corrected chi connectivity index (χ0v) is 40.3. The van der Waals surface area contributed by atoms with Gasteiger partial charge in [0.25, 0.3) is 0 Å². The normalized spacial score (nSPS) is 16.4. The maximum absolute atomic E-state index is 10.8. The summed E-state index contributed by atoms with van der Waals surface area (Å²) in [4.78, 5) is 4.77. The van der Waals surface area contributed by atoms with Gasteiger partial charge >= 0.3 is 0 Å². The second-order valence-electron chi connectivity index (χ2n) is 18.8. The minimum atomic E-state index is -0.349. The standard InChI is InChI=1S/C52H106N6O2/c1-3-5-7-9-11-13-15-17-19-21-23-25-27-31-49(33-29-37-53)35-39-55-45-51(59)47-57-41-43-58(44-42-57)48-52(60)46-56-40-36-50(34-30-38-54)32-28-26-24-22-20-18-16-14-12-10-8-6-4-2/h17-20,49-52,55-56,59-60H,3-16,21-48,53-54H2,1-2H3. The topological polar surface area (TPSA) is 123 Å². The molecule has 0 bridgehead atoms. The minimum absolute atomic E-state index is 0.349. The summed E-state index contributed by atoms with van der Waals surface area (Å²) in [5, 5.41) is 28.7. The number of unbranched alkanes of at least 4 members (excludes halogenated alkanes) is 18. The number of nitrogens with two attached hydrogens (primary N) is 2. The number of hydrogen-bond acceptors (Lipinski definition) is 8. The third-order valence-electron chi connectivity index (χ3n) is 13.0. The number of aliphatic hydroxyl groups excluding tert-OH is 2. The highest BCUT2D eigenvalue weighted by atomic mass is 16.3. The summed E-state index contributed by atoms with van der Waals surface area (Å²) in [6, 6.07) is 0. The van der Waals surface area contributed by atoms with Crippen LogP contribution in [0.2, 0.25) is 0 Å². The van der Waals surface area contributed by atoms with E-state index in [0.717, 1.165) is 90.1 Å². The lowest BCUT2D eigenvalue weighted by Crippen LogP contribution is -2.52. The highest BCUT2D eigenvalue weighted by molar-refractivity contribution is 4.83. The van der Waals surface area contributed by atoms with Gasteiger partial charge in [0.2, 0.25) is 0 Å². The fraction of sp³-hybridized carbons (Fsp3) is 0.923. The van der Waals surface area contributed by atoms with Gasteiger partial charge in [-0.05, 0) is 128 Å². The first kappa shape index (κ1) is 57.2. The lowest BCUT2D eigenvalue weighted by atomic mass is 9.92. The maximum atomic E-state index is 10.8. The molecule has 1 aliphatic rings. The molecule has 0 aromatic carbocycles. The minimum Gasteiger partial charge on any atom is -0.390 e. The van der Waals surface area contributed by atoms with E-state index in [1.165, 1.54) is 180 Å². The monoisotopic (exact) mass is 847 g/mol. The van der Waals surface area contributed by atoms with Crippen molar-refractivity contribution in [3.63, 3.8) is 0 Å². The number of aliphatic hydroxyl groups is 2. The quantitative estimate of drug-likeness (QED) is 0.0265. The van der Waals surface area contributed by atoms with E-state index < -0.39 is 0 Å². The Morgan fingerprint density at radius 3 is 1.10 bits per heavy atom. The van der Waals surface area contributed by atoms with Crippen LogP contribution in [-0.4, -0.2) is 111 Å². The number of nitrogens with one attached hydrogen (secondary N) is 2. The van der Waals surface area contributed by atoms with Crippen LogP contribution in [0.3, 0.4) is 0 Å². The molecule has 8 N–H and O–H groups in total. The molecule has 4 unspecified atom stereocenters. The van der Waals surface area contributed by atoms with Crippen LogP contribution in [-0.2, 0) is 0 Å². The SMILES string of the molecule is CCCCCCCCC=CCCCCCC(CCCN)CCNCC(O)CN1CCN(CC(O)CNCCC(CCCN)CCCCCC=CCCCCCCCC)CC1. The molecule has 356 valence electrons. The van der Waals surface area contributed by atoms with Crippen LogP contribution < -0.4 is 22.1 Å². The number of piperazine rings is 1. The zero-order chi connectivity index (χ0) is 43.4. The van der Waals surface area contributed by atoms with Crippen molar-refractivity contribution >= 4 is 0 Å². The molecule has 0 aromatic rings. The Labute approximate surface area is 374 Å². The van der Waals surface area contributed by atoms with Crippen LogP contribution in [0.5, 0.6) is 0 Å². The van der Waals surface area contributed by atoms with Crippen LogP contribution >= 0.6 is 0 Å². The Bertz CT molecular complexity index is 841. The molecule has 0 aliphatic carbocycles. The summed E-state index contributed by atoms with van der Waals surface area (Å²) in [5.74, 6) is 1.46. The molecule has 0 amide bonds. The van der Waals surface area contributed by atoms with Gasteiger partial charge in [-0.2, -0.15) is 0 Å².